The van der Waals surface area contributed by atoms with Crippen LogP contribution in [0.1, 0.15) is 11.5 Å². The van der Waals surface area contributed by atoms with Gasteiger partial charge in [-0.15, -0.1) is 0 Å². The molecule has 0 N–H and O–H groups in total. The van der Waals surface area contributed by atoms with Crippen molar-refractivity contribution in [1.82, 2.24) is 0 Å². The molecule has 1 rings (SSSR count). The SMILES string of the molecule is [CH2]C(C(=C)Cl)c1cc(F)ccc1F. The van der Waals surface area contributed by atoms with E-state index in [0.29, 0.717) is 0 Å². The van der Waals surface area contributed by atoms with Gasteiger partial charge in [-0.25, -0.2) is 8.78 Å². The molecule has 1 aromatic carbocycles. The quantitative estimate of drug-likeness (QED) is 0.686. The molecule has 0 spiro atoms. The van der Waals surface area contributed by atoms with Crippen LogP contribution in [0.15, 0.2) is 29.8 Å². The number of hydrogen-bond acceptors (Lipinski definition) is 0. The number of hydrogen-bond donors (Lipinski definition) is 0. The number of benzene rings is 1. The molecule has 0 aliphatic rings. The fourth-order valence-electron chi connectivity index (χ4n) is 0.950. The van der Waals surface area contributed by atoms with E-state index in [-0.39, 0.29) is 10.6 Å². The third-order valence-corrected chi connectivity index (χ3v) is 1.97. The topological polar surface area (TPSA) is 0 Å². The van der Waals surface area contributed by atoms with E-state index in [9.17, 15) is 8.78 Å². The monoisotopic (exact) mass is 201 g/mol. The predicted octanol–water partition coefficient (Wildman–Crippen LogP) is 3.63. The van der Waals surface area contributed by atoms with Gasteiger partial charge >= 0.3 is 0 Å². The smallest absolute Gasteiger partial charge is 0.127 e. The van der Waals surface area contributed by atoms with Crippen molar-refractivity contribution in [1.29, 1.82) is 0 Å². The fraction of sp³-hybridized carbons (Fsp3) is 0.100. The zero-order chi connectivity index (χ0) is 10.0. The summed E-state index contributed by atoms with van der Waals surface area (Å²) >= 11 is 5.54. The standard InChI is InChI=1S/C10H8ClF2/c1-6(7(2)11)9-5-8(12)3-4-10(9)13/h3-6H,1-2H2. The van der Waals surface area contributed by atoms with Gasteiger partial charge in [0, 0.05) is 11.0 Å². The molecule has 0 bridgehead atoms. The van der Waals surface area contributed by atoms with Crippen LogP contribution in [0.25, 0.3) is 0 Å². The molecule has 1 aromatic rings. The Bertz CT molecular complexity index is 334. The Hall–Kier alpha value is -0.890. The maximum absolute atomic E-state index is 13.1. The zero-order valence-electron chi connectivity index (χ0n) is 6.86. The van der Waals surface area contributed by atoms with Gasteiger partial charge in [0.2, 0.25) is 0 Å². The Kier molecular flexibility index (Phi) is 3.04. The maximum atomic E-state index is 13.1. The fourth-order valence-corrected chi connectivity index (χ4v) is 1.07. The minimum atomic E-state index is -0.627. The highest BCUT2D eigenvalue weighted by Gasteiger charge is 2.13. The van der Waals surface area contributed by atoms with Gasteiger partial charge in [0.15, 0.2) is 0 Å². The highest BCUT2D eigenvalue weighted by molar-refractivity contribution is 6.30. The Morgan fingerprint density at radius 1 is 1.38 bits per heavy atom. The van der Waals surface area contributed by atoms with E-state index in [4.69, 9.17) is 11.6 Å². The van der Waals surface area contributed by atoms with E-state index in [1.807, 2.05) is 0 Å². The molecule has 13 heavy (non-hydrogen) atoms. The van der Waals surface area contributed by atoms with Gasteiger partial charge in [0.05, 0.1) is 0 Å². The summed E-state index contributed by atoms with van der Waals surface area (Å²) in [5.41, 5.74) is 0.125. The zero-order valence-corrected chi connectivity index (χ0v) is 7.61. The molecule has 0 heterocycles. The molecule has 0 amide bonds. The summed E-state index contributed by atoms with van der Waals surface area (Å²) in [6, 6.07) is 3.16. The molecule has 0 aliphatic heterocycles. The summed E-state index contributed by atoms with van der Waals surface area (Å²) in [6.45, 7) is 6.99. The molecular weight excluding hydrogens is 194 g/mol. The third kappa shape index (κ3) is 2.28. The molecular formula is C10H8ClF2. The Morgan fingerprint density at radius 2 is 2.00 bits per heavy atom. The van der Waals surface area contributed by atoms with E-state index in [0.717, 1.165) is 18.2 Å². The van der Waals surface area contributed by atoms with Crippen molar-refractivity contribution in [3.8, 4) is 0 Å². The first kappa shape index (κ1) is 10.2. The summed E-state index contributed by atoms with van der Waals surface area (Å²) in [6.07, 6.45) is 0. The van der Waals surface area contributed by atoms with Crippen LogP contribution in [0.2, 0.25) is 0 Å². The Morgan fingerprint density at radius 3 is 2.54 bits per heavy atom. The molecule has 69 valence electrons. The lowest BCUT2D eigenvalue weighted by Gasteiger charge is -2.10. The summed E-state index contributed by atoms with van der Waals surface area (Å²) in [4.78, 5) is 0. The average Bonchev–Trinajstić information content (AvgIpc) is 2.08. The van der Waals surface area contributed by atoms with Gasteiger partial charge in [-0.2, -0.15) is 0 Å². The van der Waals surface area contributed by atoms with E-state index in [1.165, 1.54) is 0 Å². The van der Waals surface area contributed by atoms with Crippen LogP contribution in [-0.4, -0.2) is 0 Å². The molecule has 1 atom stereocenters. The van der Waals surface area contributed by atoms with Gasteiger partial charge in [-0.1, -0.05) is 18.2 Å². The van der Waals surface area contributed by atoms with Crippen molar-refractivity contribution in [3.63, 3.8) is 0 Å². The van der Waals surface area contributed by atoms with Crippen LogP contribution < -0.4 is 0 Å². The van der Waals surface area contributed by atoms with E-state index < -0.39 is 17.6 Å². The third-order valence-electron chi connectivity index (χ3n) is 1.71. The van der Waals surface area contributed by atoms with E-state index >= 15 is 0 Å². The predicted molar refractivity (Wildman–Crippen MR) is 49.4 cm³/mol. The van der Waals surface area contributed by atoms with Crippen molar-refractivity contribution in [3.05, 3.63) is 53.9 Å². The molecule has 0 saturated carbocycles. The average molecular weight is 202 g/mol. The first-order chi connectivity index (χ1) is 6.02. The lowest BCUT2D eigenvalue weighted by atomic mass is 10.0. The molecule has 0 fully saturated rings. The molecule has 1 radical (unpaired) electrons. The van der Waals surface area contributed by atoms with Gasteiger partial charge in [0.1, 0.15) is 11.6 Å². The van der Waals surface area contributed by atoms with Crippen molar-refractivity contribution in [2.75, 3.05) is 0 Å². The molecule has 3 heteroatoms. The van der Waals surface area contributed by atoms with Crippen molar-refractivity contribution in [2.45, 2.75) is 5.92 Å². The molecule has 0 nitrogen and oxygen atoms in total. The number of halogens is 3. The first-order valence-electron chi connectivity index (χ1n) is 3.64. The van der Waals surface area contributed by atoms with Gasteiger partial charge in [0.25, 0.3) is 0 Å². The lowest BCUT2D eigenvalue weighted by Crippen LogP contribution is -1.98. The summed E-state index contributed by atoms with van der Waals surface area (Å²) in [5, 5.41) is 0.185. The molecule has 0 aliphatic carbocycles. The molecule has 0 saturated heterocycles. The first-order valence-corrected chi connectivity index (χ1v) is 4.02. The second-order valence-corrected chi connectivity index (χ2v) is 3.15. The molecule has 0 aromatic heterocycles. The van der Waals surface area contributed by atoms with E-state index in [2.05, 4.69) is 13.5 Å². The van der Waals surface area contributed by atoms with Crippen molar-refractivity contribution in [2.24, 2.45) is 0 Å². The van der Waals surface area contributed by atoms with E-state index in [1.54, 1.807) is 0 Å². The highest BCUT2D eigenvalue weighted by Crippen LogP contribution is 2.27. The highest BCUT2D eigenvalue weighted by atomic mass is 35.5. The van der Waals surface area contributed by atoms with Crippen LogP contribution in [0.3, 0.4) is 0 Å². The van der Waals surface area contributed by atoms with Crippen LogP contribution in [-0.2, 0) is 0 Å². The van der Waals surface area contributed by atoms with Crippen molar-refractivity contribution < 1.29 is 8.78 Å². The van der Waals surface area contributed by atoms with Crippen LogP contribution in [0.4, 0.5) is 8.78 Å². The summed E-state index contributed by atoms with van der Waals surface area (Å²) in [5.74, 6) is -1.66. The van der Waals surface area contributed by atoms with Gasteiger partial charge in [-0.3, -0.25) is 0 Å². The van der Waals surface area contributed by atoms with Gasteiger partial charge < -0.3 is 0 Å². The second kappa shape index (κ2) is 3.88. The van der Waals surface area contributed by atoms with Crippen LogP contribution in [0.5, 0.6) is 0 Å². The maximum Gasteiger partial charge on any atom is 0.127 e. The van der Waals surface area contributed by atoms with Crippen LogP contribution in [0, 0.1) is 18.6 Å². The Balaban J connectivity index is 3.12. The molecule has 1 unspecified atom stereocenters. The summed E-state index contributed by atoms with van der Waals surface area (Å²) < 4.78 is 25.8. The largest absolute Gasteiger partial charge is 0.207 e. The second-order valence-electron chi connectivity index (χ2n) is 2.67. The minimum absolute atomic E-state index is 0.125. The Labute approximate surface area is 80.8 Å². The lowest BCUT2D eigenvalue weighted by molar-refractivity contribution is 0.584. The number of allylic oxidation sites excluding steroid dienone is 1. The van der Waals surface area contributed by atoms with Crippen molar-refractivity contribution >= 4 is 11.6 Å². The normalized spacial score (nSPS) is 12.6. The van der Waals surface area contributed by atoms with Crippen LogP contribution >= 0.6 is 11.6 Å². The minimum Gasteiger partial charge on any atom is -0.207 e. The number of rotatable bonds is 2. The van der Waals surface area contributed by atoms with Gasteiger partial charge in [-0.05, 0) is 30.7 Å². The summed E-state index contributed by atoms with van der Waals surface area (Å²) in [7, 11) is 0.